The Morgan fingerprint density at radius 2 is 1.90 bits per heavy atom. The zero-order chi connectivity index (χ0) is 15.0. The van der Waals surface area contributed by atoms with Gasteiger partial charge in [-0.05, 0) is 29.7 Å². The fraction of sp³-hybridized carbons (Fsp3) is 0.875. The molecule has 1 fully saturated rings. The van der Waals surface area contributed by atoms with Crippen LogP contribution in [0.5, 0.6) is 0 Å². The van der Waals surface area contributed by atoms with Gasteiger partial charge in [-0.3, -0.25) is 4.68 Å². The van der Waals surface area contributed by atoms with Crippen LogP contribution in [0.3, 0.4) is 0 Å². The normalized spacial score (nSPS) is 21.9. The number of nitrogens with zero attached hydrogens (tertiary/aromatic N) is 3. The van der Waals surface area contributed by atoms with E-state index in [9.17, 15) is 0 Å². The van der Waals surface area contributed by atoms with Gasteiger partial charge in [-0.25, -0.2) is 4.98 Å². The summed E-state index contributed by atoms with van der Waals surface area (Å²) in [7, 11) is 0. The van der Waals surface area contributed by atoms with Crippen molar-refractivity contribution in [3.8, 4) is 0 Å². The Labute approximate surface area is 123 Å². The van der Waals surface area contributed by atoms with E-state index >= 15 is 0 Å². The average Bonchev–Trinajstić information content (AvgIpc) is 2.66. The average molecular weight is 278 g/mol. The maximum absolute atomic E-state index is 4.47. The van der Waals surface area contributed by atoms with Crippen molar-refractivity contribution in [1.29, 1.82) is 0 Å². The van der Waals surface area contributed by atoms with Crippen LogP contribution in [0.15, 0.2) is 6.33 Å². The molecule has 1 N–H and O–H groups in total. The van der Waals surface area contributed by atoms with Crippen LogP contribution in [0.2, 0.25) is 0 Å². The lowest BCUT2D eigenvalue weighted by Gasteiger charge is -2.20. The summed E-state index contributed by atoms with van der Waals surface area (Å²) in [6.45, 7) is 15.9. The molecule has 1 aromatic heterocycles. The van der Waals surface area contributed by atoms with E-state index in [1.807, 2.05) is 0 Å². The molecule has 1 heterocycles. The smallest absolute Gasteiger partial charge is 0.138 e. The highest BCUT2D eigenvalue weighted by Gasteiger charge is 2.66. The molecule has 1 aliphatic carbocycles. The first-order valence-corrected chi connectivity index (χ1v) is 7.96. The summed E-state index contributed by atoms with van der Waals surface area (Å²) in [6, 6.07) is 0.491. The zero-order valence-corrected chi connectivity index (χ0v) is 13.9. The van der Waals surface area contributed by atoms with Crippen LogP contribution in [0.4, 0.5) is 0 Å². The molecule has 20 heavy (non-hydrogen) atoms. The summed E-state index contributed by atoms with van der Waals surface area (Å²) in [4.78, 5) is 4.47. The molecule has 1 aliphatic rings. The Kier molecular flexibility index (Phi) is 4.24. The quantitative estimate of drug-likeness (QED) is 0.834. The number of aromatic nitrogens is 3. The number of aryl methyl sites for hydroxylation is 1. The van der Waals surface area contributed by atoms with Crippen LogP contribution in [-0.4, -0.2) is 27.4 Å². The van der Waals surface area contributed by atoms with Crippen LogP contribution in [0.1, 0.15) is 53.8 Å². The van der Waals surface area contributed by atoms with E-state index in [1.165, 1.54) is 0 Å². The molecule has 1 aromatic rings. The number of hydrogen-bond acceptors (Lipinski definition) is 3. The second-order valence-electron chi connectivity index (χ2n) is 7.19. The molecule has 1 unspecified atom stereocenters. The predicted octanol–water partition coefficient (Wildman–Crippen LogP) is 2.89. The first-order chi connectivity index (χ1) is 9.36. The molecule has 4 nitrogen and oxygen atoms in total. The minimum absolute atomic E-state index is 0.398. The SMILES string of the molecule is CCCn1ncnc1CC(NCC)C1C(C)(C)C1(C)C. The molecule has 1 saturated carbocycles. The Morgan fingerprint density at radius 1 is 1.25 bits per heavy atom. The Bertz CT molecular complexity index is 433. The highest BCUT2D eigenvalue weighted by molar-refractivity contribution is 5.17. The Morgan fingerprint density at radius 3 is 2.40 bits per heavy atom. The van der Waals surface area contributed by atoms with Gasteiger partial charge >= 0.3 is 0 Å². The summed E-state index contributed by atoms with van der Waals surface area (Å²) < 4.78 is 2.06. The van der Waals surface area contributed by atoms with Gasteiger partial charge in [-0.15, -0.1) is 0 Å². The van der Waals surface area contributed by atoms with Crippen molar-refractivity contribution in [3.63, 3.8) is 0 Å². The monoisotopic (exact) mass is 278 g/mol. The van der Waals surface area contributed by atoms with Crippen molar-refractivity contribution < 1.29 is 0 Å². The first kappa shape index (κ1) is 15.5. The van der Waals surface area contributed by atoms with Crippen molar-refractivity contribution >= 4 is 0 Å². The van der Waals surface area contributed by atoms with E-state index in [4.69, 9.17) is 0 Å². The molecular weight excluding hydrogens is 248 g/mol. The van der Waals surface area contributed by atoms with E-state index in [0.717, 1.165) is 31.8 Å². The lowest BCUT2D eigenvalue weighted by atomic mass is 10.0. The minimum Gasteiger partial charge on any atom is -0.313 e. The minimum atomic E-state index is 0.398. The first-order valence-electron chi connectivity index (χ1n) is 7.96. The third-order valence-corrected chi connectivity index (χ3v) is 5.53. The Hall–Kier alpha value is -0.900. The van der Waals surface area contributed by atoms with E-state index in [2.05, 4.69) is 61.6 Å². The summed E-state index contributed by atoms with van der Waals surface area (Å²) in [5, 5.41) is 8.03. The molecule has 1 atom stereocenters. The molecule has 0 amide bonds. The van der Waals surface area contributed by atoms with Gasteiger partial charge in [0.2, 0.25) is 0 Å². The number of likely N-dealkylation sites (N-methyl/N-ethyl adjacent to an activating group) is 1. The largest absolute Gasteiger partial charge is 0.313 e. The van der Waals surface area contributed by atoms with Gasteiger partial charge in [0.05, 0.1) is 0 Å². The van der Waals surface area contributed by atoms with Gasteiger partial charge in [0.15, 0.2) is 0 Å². The predicted molar refractivity (Wildman–Crippen MR) is 82.5 cm³/mol. The zero-order valence-electron chi connectivity index (χ0n) is 13.9. The van der Waals surface area contributed by atoms with E-state index in [-0.39, 0.29) is 0 Å². The van der Waals surface area contributed by atoms with Gasteiger partial charge in [0.1, 0.15) is 12.2 Å². The van der Waals surface area contributed by atoms with Crippen LogP contribution in [0.25, 0.3) is 0 Å². The molecule has 0 saturated heterocycles. The highest BCUT2D eigenvalue weighted by Crippen LogP contribution is 2.69. The van der Waals surface area contributed by atoms with Gasteiger partial charge < -0.3 is 5.32 Å². The van der Waals surface area contributed by atoms with Crippen LogP contribution < -0.4 is 5.32 Å². The van der Waals surface area contributed by atoms with Crippen molar-refractivity contribution in [1.82, 2.24) is 20.1 Å². The Balaban J connectivity index is 2.13. The van der Waals surface area contributed by atoms with E-state index in [1.54, 1.807) is 6.33 Å². The van der Waals surface area contributed by atoms with Crippen LogP contribution in [0, 0.1) is 16.7 Å². The van der Waals surface area contributed by atoms with Crippen molar-refractivity contribution in [2.24, 2.45) is 16.7 Å². The molecule has 2 rings (SSSR count). The molecule has 0 radical (unpaired) electrons. The molecule has 0 aromatic carbocycles. The third kappa shape index (κ3) is 2.50. The number of rotatable bonds is 7. The van der Waals surface area contributed by atoms with Crippen molar-refractivity contribution in [2.75, 3.05) is 6.54 Å². The standard InChI is InChI=1S/C16H30N4/c1-7-9-20-13(18-11-19-20)10-12(17-8-2)14-15(3,4)16(14,5)6/h11-12,14,17H,7-10H2,1-6H3. The lowest BCUT2D eigenvalue weighted by Crippen LogP contribution is -2.36. The molecule has 0 aliphatic heterocycles. The highest BCUT2D eigenvalue weighted by atomic mass is 15.3. The number of nitrogens with one attached hydrogen (secondary N) is 1. The molecule has 4 heteroatoms. The van der Waals surface area contributed by atoms with Gasteiger partial charge in [0, 0.05) is 19.0 Å². The summed E-state index contributed by atoms with van der Waals surface area (Å²) in [5.74, 6) is 1.82. The molecule has 114 valence electrons. The number of hydrogen-bond donors (Lipinski definition) is 1. The topological polar surface area (TPSA) is 42.7 Å². The molecule has 0 spiro atoms. The van der Waals surface area contributed by atoms with E-state index in [0.29, 0.717) is 22.8 Å². The fourth-order valence-corrected chi connectivity index (χ4v) is 3.86. The molecule has 0 bridgehead atoms. The maximum atomic E-state index is 4.47. The van der Waals surface area contributed by atoms with Gasteiger partial charge in [0.25, 0.3) is 0 Å². The van der Waals surface area contributed by atoms with Gasteiger partial charge in [-0.2, -0.15) is 5.10 Å². The van der Waals surface area contributed by atoms with Crippen LogP contribution in [-0.2, 0) is 13.0 Å². The summed E-state index contributed by atoms with van der Waals surface area (Å²) in [5.41, 5.74) is 0.797. The maximum Gasteiger partial charge on any atom is 0.138 e. The summed E-state index contributed by atoms with van der Waals surface area (Å²) >= 11 is 0. The van der Waals surface area contributed by atoms with Crippen molar-refractivity contribution in [2.45, 2.75) is 67.0 Å². The third-order valence-electron chi connectivity index (χ3n) is 5.53. The fourth-order valence-electron chi connectivity index (χ4n) is 3.86. The van der Waals surface area contributed by atoms with Crippen molar-refractivity contribution in [3.05, 3.63) is 12.2 Å². The van der Waals surface area contributed by atoms with Crippen LogP contribution >= 0.6 is 0 Å². The van der Waals surface area contributed by atoms with E-state index < -0.39 is 0 Å². The second-order valence-corrected chi connectivity index (χ2v) is 7.19. The molecular formula is C16H30N4. The second kappa shape index (κ2) is 5.47. The van der Waals surface area contributed by atoms with Gasteiger partial charge in [-0.1, -0.05) is 41.5 Å². The summed E-state index contributed by atoms with van der Waals surface area (Å²) in [6.07, 6.45) is 3.77. The lowest BCUT2D eigenvalue weighted by molar-refractivity contribution is 0.388.